The van der Waals surface area contributed by atoms with Crippen LogP contribution in [0.3, 0.4) is 0 Å². The lowest BCUT2D eigenvalue weighted by Gasteiger charge is -2.10. The first-order valence-corrected chi connectivity index (χ1v) is 6.66. The number of rotatable bonds is 7. The number of nitrogens with two attached hydrogens (primary N) is 1. The average molecular weight is 255 g/mol. The Balaban J connectivity index is 2.06. The Kier molecular flexibility index (Phi) is 6.49. The van der Waals surface area contributed by atoms with Crippen LogP contribution in [0.5, 0.6) is 0 Å². The monoisotopic (exact) mass is 255 g/mol. The van der Waals surface area contributed by atoms with Crippen molar-refractivity contribution in [2.75, 3.05) is 13.1 Å². The Morgan fingerprint density at radius 2 is 2.17 bits per heavy atom. The predicted octanol–water partition coefficient (Wildman–Crippen LogP) is 0.110. The molecule has 0 aliphatic heterocycles. The van der Waals surface area contributed by atoms with Gasteiger partial charge < -0.3 is 10.6 Å². The fraction of sp³-hybridized carbons (Fsp3) is 0.833. The Morgan fingerprint density at radius 3 is 2.72 bits per heavy atom. The third-order valence-electron chi connectivity index (χ3n) is 2.57. The van der Waals surface area contributed by atoms with Gasteiger partial charge in [-0.2, -0.15) is 0 Å². The molecule has 5 N–H and O–H groups in total. The van der Waals surface area contributed by atoms with Gasteiger partial charge in [0.05, 0.1) is 0 Å². The maximum Gasteiger partial charge on any atom is 0.220 e. The van der Waals surface area contributed by atoms with Crippen molar-refractivity contribution in [3.8, 4) is 0 Å². The SMILES string of the molecule is CC(C)CN=C(NN)NCCCC(=O)NC1CC1. The van der Waals surface area contributed by atoms with Crippen LogP contribution >= 0.6 is 0 Å². The van der Waals surface area contributed by atoms with E-state index in [2.05, 4.69) is 34.9 Å². The van der Waals surface area contributed by atoms with Crippen LogP contribution in [0.15, 0.2) is 4.99 Å². The van der Waals surface area contributed by atoms with Crippen molar-refractivity contribution in [2.45, 2.75) is 45.6 Å². The van der Waals surface area contributed by atoms with Crippen LogP contribution in [0.1, 0.15) is 39.5 Å². The van der Waals surface area contributed by atoms with Crippen LogP contribution in [0.25, 0.3) is 0 Å². The Labute approximate surface area is 109 Å². The summed E-state index contributed by atoms with van der Waals surface area (Å²) >= 11 is 0. The lowest BCUT2D eigenvalue weighted by molar-refractivity contribution is -0.121. The highest BCUT2D eigenvalue weighted by Gasteiger charge is 2.22. The van der Waals surface area contributed by atoms with Crippen molar-refractivity contribution in [2.24, 2.45) is 16.8 Å². The van der Waals surface area contributed by atoms with E-state index in [4.69, 9.17) is 5.84 Å². The number of hydrazine groups is 1. The summed E-state index contributed by atoms with van der Waals surface area (Å²) in [6, 6.07) is 0.444. The molecule has 18 heavy (non-hydrogen) atoms. The Bertz CT molecular complexity index is 286. The van der Waals surface area contributed by atoms with Crippen molar-refractivity contribution in [1.82, 2.24) is 16.1 Å². The van der Waals surface area contributed by atoms with E-state index in [1.54, 1.807) is 0 Å². The van der Waals surface area contributed by atoms with Crippen LogP contribution in [0, 0.1) is 5.92 Å². The molecule has 0 aromatic carbocycles. The van der Waals surface area contributed by atoms with Crippen LogP contribution in [-0.2, 0) is 4.79 Å². The molecule has 0 saturated heterocycles. The number of aliphatic imine (C=N–C) groups is 1. The van der Waals surface area contributed by atoms with E-state index < -0.39 is 0 Å². The Morgan fingerprint density at radius 1 is 1.44 bits per heavy atom. The van der Waals surface area contributed by atoms with Crippen molar-refractivity contribution < 1.29 is 4.79 Å². The summed E-state index contributed by atoms with van der Waals surface area (Å²) in [6.45, 7) is 5.62. The second-order valence-corrected chi connectivity index (χ2v) is 5.10. The van der Waals surface area contributed by atoms with Gasteiger partial charge in [0.2, 0.25) is 11.9 Å². The molecule has 1 rings (SSSR count). The van der Waals surface area contributed by atoms with Crippen molar-refractivity contribution in [3.05, 3.63) is 0 Å². The first kappa shape index (κ1) is 14.8. The molecule has 1 aliphatic rings. The predicted molar refractivity (Wildman–Crippen MR) is 72.9 cm³/mol. The molecule has 104 valence electrons. The van der Waals surface area contributed by atoms with Gasteiger partial charge >= 0.3 is 0 Å². The number of amides is 1. The van der Waals surface area contributed by atoms with Crippen LogP contribution in [0.2, 0.25) is 0 Å². The van der Waals surface area contributed by atoms with Crippen LogP contribution in [-0.4, -0.2) is 31.0 Å². The molecule has 0 aromatic heterocycles. The summed E-state index contributed by atoms with van der Waals surface area (Å²) in [5.74, 6) is 6.58. The van der Waals surface area contributed by atoms with Crippen molar-refractivity contribution >= 4 is 11.9 Å². The highest BCUT2D eigenvalue weighted by molar-refractivity contribution is 5.79. The minimum absolute atomic E-state index is 0.140. The second-order valence-electron chi connectivity index (χ2n) is 5.10. The molecular weight excluding hydrogens is 230 g/mol. The standard InChI is InChI=1S/C12H25N5O/c1-9(2)8-15-12(17-13)14-7-3-4-11(18)16-10-5-6-10/h9-10H,3-8,13H2,1-2H3,(H,16,18)(H2,14,15,17). The minimum Gasteiger partial charge on any atom is -0.355 e. The van der Waals surface area contributed by atoms with Gasteiger partial charge in [-0.25, -0.2) is 5.84 Å². The van der Waals surface area contributed by atoms with Crippen LogP contribution in [0.4, 0.5) is 0 Å². The number of nitrogens with one attached hydrogen (secondary N) is 3. The normalized spacial score (nSPS) is 15.7. The lowest BCUT2D eigenvalue weighted by Crippen LogP contribution is -2.42. The van der Waals surface area contributed by atoms with E-state index in [-0.39, 0.29) is 5.91 Å². The maximum atomic E-state index is 11.4. The molecule has 0 heterocycles. The van der Waals surface area contributed by atoms with E-state index in [0.717, 1.165) is 25.8 Å². The van der Waals surface area contributed by atoms with E-state index in [0.29, 0.717) is 30.9 Å². The van der Waals surface area contributed by atoms with E-state index in [1.165, 1.54) is 0 Å². The van der Waals surface area contributed by atoms with Gasteiger partial charge in [-0.05, 0) is 25.2 Å². The molecule has 0 unspecified atom stereocenters. The molecule has 0 spiro atoms. The summed E-state index contributed by atoms with van der Waals surface area (Å²) in [6.07, 6.45) is 3.59. The molecule has 6 heteroatoms. The fourth-order valence-electron chi connectivity index (χ4n) is 1.41. The highest BCUT2D eigenvalue weighted by atomic mass is 16.1. The smallest absolute Gasteiger partial charge is 0.220 e. The zero-order valence-corrected chi connectivity index (χ0v) is 11.3. The van der Waals surface area contributed by atoms with Gasteiger partial charge in [0.25, 0.3) is 0 Å². The van der Waals surface area contributed by atoms with Crippen molar-refractivity contribution in [1.29, 1.82) is 0 Å². The maximum absolute atomic E-state index is 11.4. The second kappa shape index (κ2) is 7.92. The molecule has 1 aliphatic carbocycles. The summed E-state index contributed by atoms with van der Waals surface area (Å²) in [5.41, 5.74) is 2.53. The van der Waals surface area contributed by atoms with Gasteiger partial charge in [0.1, 0.15) is 0 Å². The molecule has 1 saturated carbocycles. The summed E-state index contributed by atoms with van der Waals surface area (Å²) in [7, 11) is 0. The summed E-state index contributed by atoms with van der Waals surface area (Å²) < 4.78 is 0. The number of nitrogens with zero attached hydrogens (tertiary/aromatic N) is 1. The molecule has 0 bridgehead atoms. The number of hydrogen-bond donors (Lipinski definition) is 4. The van der Waals surface area contributed by atoms with E-state index in [1.807, 2.05) is 0 Å². The van der Waals surface area contributed by atoms with E-state index in [9.17, 15) is 4.79 Å². The van der Waals surface area contributed by atoms with Gasteiger partial charge in [0.15, 0.2) is 0 Å². The molecule has 1 amide bonds. The minimum atomic E-state index is 0.140. The molecular formula is C12H25N5O. The fourth-order valence-corrected chi connectivity index (χ4v) is 1.41. The molecule has 1 fully saturated rings. The highest BCUT2D eigenvalue weighted by Crippen LogP contribution is 2.18. The molecule has 6 nitrogen and oxygen atoms in total. The Hall–Kier alpha value is -1.30. The third kappa shape index (κ3) is 7.11. The quantitative estimate of drug-likeness (QED) is 0.171. The molecule has 0 aromatic rings. The number of carbonyl (C=O) groups excluding carboxylic acids is 1. The summed E-state index contributed by atoms with van der Waals surface area (Å²) in [5, 5.41) is 6.04. The molecule has 0 atom stereocenters. The number of carbonyl (C=O) groups is 1. The topological polar surface area (TPSA) is 91.5 Å². The zero-order chi connectivity index (χ0) is 13.4. The lowest BCUT2D eigenvalue weighted by atomic mass is 10.2. The largest absolute Gasteiger partial charge is 0.355 e. The average Bonchev–Trinajstić information content (AvgIpc) is 3.11. The molecule has 0 radical (unpaired) electrons. The first-order valence-electron chi connectivity index (χ1n) is 6.66. The first-order chi connectivity index (χ1) is 8.61. The summed E-state index contributed by atoms with van der Waals surface area (Å²) in [4.78, 5) is 15.7. The van der Waals surface area contributed by atoms with Gasteiger partial charge in [-0.1, -0.05) is 13.8 Å². The van der Waals surface area contributed by atoms with Crippen LogP contribution < -0.4 is 21.9 Å². The third-order valence-corrected chi connectivity index (χ3v) is 2.57. The van der Waals surface area contributed by atoms with E-state index >= 15 is 0 Å². The zero-order valence-electron chi connectivity index (χ0n) is 11.3. The van der Waals surface area contributed by atoms with Crippen molar-refractivity contribution in [3.63, 3.8) is 0 Å². The number of hydrogen-bond acceptors (Lipinski definition) is 3. The van der Waals surface area contributed by atoms with Gasteiger partial charge in [0, 0.05) is 25.6 Å². The number of guanidine groups is 1. The van der Waals surface area contributed by atoms with Gasteiger partial charge in [-0.3, -0.25) is 15.2 Å². The van der Waals surface area contributed by atoms with Gasteiger partial charge in [-0.15, -0.1) is 0 Å².